The maximum absolute atomic E-state index is 6.17. The van der Waals surface area contributed by atoms with Crippen LogP contribution < -0.4 is 10.2 Å². The minimum atomic E-state index is 0.731. The molecule has 2 heterocycles. The zero-order chi connectivity index (χ0) is 16.2. The molecule has 1 saturated heterocycles. The Morgan fingerprint density at radius 3 is 2.78 bits per heavy atom. The molecule has 0 amide bonds. The number of benzene rings is 1. The summed E-state index contributed by atoms with van der Waals surface area (Å²) in [4.78, 5) is 9.24. The maximum Gasteiger partial charge on any atom is 0.131 e. The molecule has 0 atom stereocenters. The Morgan fingerprint density at radius 2 is 2.04 bits per heavy atom. The van der Waals surface area contributed by atoms with E-state index in [1.165, 1.54) is 0 Å². The van der Waals surface area contributed by atoms with Gasteiger partial charge in [0.2, 0.25) is 0 Å². The number of pyridine rings is 1. The SMILES string of the molecule is CN(C)CCNc1cc(N2CCOCC2)nc2ccc(Cl)cc12. The van der Waals surface area contributed by atoms with E-state index >= 15 is 0 Å². The second-order valence-electron chi connectivity index (χ2n) is 6.02. The van der Waals surface area contributed by atoms with Crippen molar-refractivity contribution in [2.45, 2.75) is 0 Å². The summed E-state index contributed by atoms with van der Waals surface area (Å²) in [6.45, 7) is 5.11. The van der Waals surface area contributed by atoms with Crippen molar-refractivity contribution in [1.82, 2.24) is 9.88 Å². The maximum atomic E-state index is 6.17. The number of hydrogen-bond acceptors (Lipinski definition) is 5. The number of rotatable bonds is 5. The molecule has 124 valence electrons. The summed E-state index contributed by atoms with van der Waals surface area (Å²) >= 11 is 6.17. The molecule has 1 aliphatic heterocycles. The molecule has 2 aromatic rings. The van der Waals surface area contributed by atoms with Gasteiger partial charge in [-0.15, -0.1) is 0 Å². The molecule has 0 radical (unpaired) electrons. The molecule has 1 aromatic carbocycles. The summed E-state index contributed by atoms with van der Waals surface area (Å²) < 4.78 is 5.44. The number of anilines is 2. The number of likely N-dealkylation sites (N-methyl/N-ethyl adjacent to an activating group) is 1. The fraction of sp³-hybridized carbons (Fsp3) is 0.471. The van der Waals surface area contributed by atoms with Crippen molar-refractivity contribution in [2.75, 3.05) is 63.7 Å². The number of nitrogens with zero attached hydrogens (tertiary/aromatic N) is 3. The lowest BCUT2D eigenvalue weighted by molar-refractivity contribution is 0.122. The van der Waals surface area contributed by atoms with Gasteiger partial charge in [-0.2, -0.15) is 0 Å². The van der Waals surface area contributed by atoms with Crippen molar-refractivity contribution in [3.05, 3.63) is 29.3 Å². The highest BCUT2D eigenvalue weighted by molar-refractivity contribution is 6.31. The van der Waals surface area contributed by atoms with Crippen molar-refractivity contribution in [3.63, 3.8) is 0 Å². The highest BCUT2D eigenvalue weighted by Gasteiger charge is 2.15. The smallest absolute Gasteiger partial charge is 0.131 e. The van der Waals surface area contributed by atoms with Crippen molar-refractivity contribution in [1.29, 1.82) is 0 Å². The predicted molar refractivity (Wildman–Crippen MR) is 96.8 cm³/mol. The van der Waals surface area contributed by atoms with E-state index in [4.69, 9.17) is 21.3 Å². The summed E-state index contributed by atoms with van der Waals surface area (Å²) in [6.07, 6.45) is 0. The Hall–Kier alpha value is -1.56. The molecule has 0 aliphatic carbocycles. The molecular weight excluding hydrogens is 312 g/mol. The highest BCUT2D eigenvalue weighted by Crippen LogP contribution is 2.29. The van der Waals surface area contributed by atoms with E-state index in [9.17, 15) is 0 Å². The summed E-state index contributed by atoms with van der Waals surface area (Å²) in [6, 6.07) is 7.98. The minimum absolute atomic E-state index is 0.731. The van der Waals surface area contributed by atoms with Crippen LogP contribution in [-0.2, 0) is 4.74 Å². The first-order chi connectivity index (χ1) is 11.1. The van der Waals surface area contributed by atoms with Crippen LogP contribution in [0.25, 0.3) is 10.9 Å². The highest BCUT2D eigenvalue weighted by atomic mass is 35.5. The van der Waals surface area contributed by atoms with Gasteiger partial charge in [-0.05, 0) is 32.3 Å². The van der Waals surface area contributed by atoms with Crippen LogP contribution in [0.2, 0.25) is 5.02 Å². The second kappa shape index (κ2) is 7.34. The summed E-state index contributed by atoms with van der Waals surface area (Å²) in [5.41, 5.74) is 2.05. The lowest BCUT2D eigenvalue weighted by atomic mass is 10.1. The van der Waals surface area contributed by atoms with Gasteiger partial charge < -0.3 is 19.9 Å². The molecule has 1 N–H and O–H groups in total. The van der Waals surface area contributed by atoms with Gasteiger partial charge in [0.15, 0.2) is 0 Å². The standard InChI is InChI=1S/C17H23ClN4O/c1-21(2)6-5-19-16-12-17(22-7-9-23-10-8-22)20-15-4-3-13(18)11-14(15)16/h3-4,11-12H,5-10H2,1-2H3,(H,19,20). The van der Waals surface area contributed by atoms with E-state index in [1.807, 2.05) is 18.2 Å². The molecule has 3 rings (SSSR count). The molecule has 6 heteroatoms. The number of nitrogens with one attached hydrogen (secondary N) is 1. The molecule has 0 spiro atoms. The van der Waals surface area contributed by atoms with Gasteiger partial charge in [0.25, 0.3) is 0 Å². The number of hydrogen-bond donors (Lipinski definition) is 1. The number of morpholine rings is 1. The Labute approximate surface area is 142 Å². The molecule has 1 fully saturated rings. The summed E-state index contributed by atoms with van der Waals surface area (Å²) in [7, 11) is 4.14. The second-order valence-corrected chi connectivity index (χ2v) is 6.46. The Bertz CT molecular complexity index is 671. The predicted octanol–water partition coefficient (Wildman–Crippen LogP) is 2.70. The number of halogens is 1. The van der Waals surface area contributed by atoms with Gasteiger partial charge in [0.1, 0.15) is 5.82 Å². The van der Waals surface area contributed by atoms with Crippen molar-refractivity contribution >= 4 is 34.0 Å². The normalized spacial score (nSPS) is 15.4. The molecule has 0 unspecified atom stereocenters. The monoisotopic (exact) mass is 334 g/mol. The lowest BCUT2D eigenvalue weighted by Crippen LogP contribution is -2.36. The van der Waals surface area contributed by atoms with E-state index in [0.717, 1.165) is 66.8 Å². The van der Waals surface area contributed by atoms with Crippen LogP contribution in [0.3, 0.4) is 0 Å². The van der Waals surface area contributed by atoms with E-state index < -0.39 is 0 Å². The Morgan fingerprint density at radius 1 is 1.26 bits per heavy atom. The average molecular weight is 335 g/mol. The summed E-state index contributed by atoms with van der Waals surface area (Å²) in [5.74, 6) is 0.996. The molecule has 1 aromatic heterocycles. The van der Waals surface area contributed by atoms with E-state index in [2.05, 4.69) is 35.3 Å². The molecule has 0 saturated carbocycles. The minimum Gasteiger partial charge on any atom is -0.383 e. The van der Waals surface area contributed by atoms with Crippen molar-refractivity contribution in [3.8, 4) is 0 Å². The van der Waals surface area contributed by atoms with Crippen LogP contribution in [0, 0.1) is 0 Å². The van der Waals surface area contributed by atoms with E-state index in [-0.39, 0.29) is 0 Å². The fourth-order valence-electron chi connectivity index (χ4n) is 2.70. The number of ether oxygens (including phenoxy) is 1. The van der Waals surface area contributed by atoms with Gasteiger partial charge in [-0.25, -0.2) is 4.98 Å². The molecule has 1 aliphatic rings. The lowest BCUT2D eigenvalue weighted by Gasteiger charge is -2.28. The zero-order valence-electron chi connectivity index (χ0n) is 13.7. The molecule has 0 bridgehead atoms. The fourth-order valence-corrected chi connectivity index (χ4v) is 2.87. The largest absolute Gasteiger partial charge is 0.383 e. The van der Waals surface area contributed by atoms with Gasteiger partial charge in [0.05, 0.1) is 18.7 Å². The van der Waals surface area contributed by atoms with Crippen LogP contribution >= 0.6 is 11.6 Å². The van der Waals surface area contributed by atoms with Crippen LogP contribution in [-0.4, -0.2) is 63.4 Å². The number of aromatic nitrogens is 1. The average Bonchev–Trinajstić information content (AvgIpc) is 2.55. The molecule has 5 nitrogen and oxygen atoms in total. The number of fused-ring (bicyclic) bond motifs is 1. The third-order valence-corrected chi connectivity index (χ3v) is 4.20. The quantitative estimate of drug-likeness (QED) is 0.910. The van der Waals surface area contributed by atoms with Gasteiger partial charge >= 0.3 is 0 Å². The van der Waals surface area contributed by atoms with E-state index in [0.29, 0.717) is 0 Å². The first-order valence-electron chi connectivity index (χ1n) is 7.95. The molecule has 23 heavy (non-hydrogen) atoms. The van der Waals surface area contributed by atoms with Crippen LogP contribution in [0.5, 0.6) is 0 Å². The van der Waals surface area contributed by atoms with Crippen molar-refractivity contribution < 1.29 is 4.74 Å². The first kappa shape index (κ1) is 16.3. The van der Waals surface area contributed by atoms with Crippen LogP contribution in [0.15, 0.2) is 24.3 Å². The van der Waals surface area contributed by atoms with Gasteiger partial charge in [0, 0.05) is 48.3 Å². The summed E-state index contributed by atoms with van der Waals surface area (Å²) in [5, 5.41) is 5.32. The Balaban J connectivity index is 1.93. The third-order valence-electron chi connectivity index (χ3n) is 3.97. The van der Waals surface area contributed by atoms with Gasteiger partial charge in [-0.3, -0.25) is 0 Å². The van der Waals surface area contributed by atoms with Crippen LogP contribution in [0.4, 0.5) is 11.5 Å². The van der Waals surface area contributed by atoms with Crippen molar-refractivity contribution in [2.24, 2.45) is 0 Å². The zero-order valence-corrected chi connectivity index (χ0v) is 14.4. The first-order valence-corrected chi connectivity index (χ1v) is 8.33. The third kappa shape index (κ3) is 4.05. The Kier molecular flexibility index (Phi) is 5.20. The topological polar surface area (TPSA) is 40.6 Å². The molecular formula is C17H23ClN4O. The van der Waals surface area contributed by atoms with Gasteiger partial charge in [-0.1, -0.05) is 11.6 Å². The van der Waals surface area contributed by atoms with Crippen LogP contribution in [0.1, 0.15) is 0 Å². The van der Waals surface area contributed by atoms with E-state index in [1.54, 1.807) is 0 Å².